The van der Waals surface area contributed by atoms with E-state index in [1.165, 1.54) is 5.56 Å². The summed E-state index contributed by atoms with van der Waals surface area (Å²) in [6, 6.07) is 15.7. The summed E-state index contributed by atoms with van der Waals surface area (Å²) in [7, 11) is 0. The number of Topliss-reactive ketones (excluding diaryl/α,β-unsaturated/α-hetero) is 1. The van der Waals surface area contributed by atoms with Gasteiger partial charge in [0.1, 0.15) is 5.75 Å². The molecular formula is C19H22O2. The van der Waals surface area contributed by atoms with Crippen molar-refractivity contribution < 1.29 is 9.53 Å². The van der Waals surface area contributed by atoms with Gasteiger partial charge in [0.2, 0.25) is 0 Å². The molecule has 0 aliphatic rings. The van der Waals surface area contributed by atoms with Crippen molar-refractivity contribution in [1.29, 1.82) is 0 Å². The van der Waals surface area contributed by atoms with Crippen LogP contribution in [0.1, 0.15) is 48.2 Å². The average Bonchev–Trinajstić information content (AvgIpc) is 2.48. The van der Waals surface area contributed by atoms with Crippen molar-refractivity contribution in [3.05, 3.63) is 65.2 Å². The number of hydrogen-bond acceptors (Lipinski definition) is 2. The van der Waals surface area contributed by atoms with Crippen LogP contribution in [0.15, 0.2) is 48.5 Å². The van der Waals surface area contributed by atoms with Gasteiger partial charge in [-0.2, -0.15) is 0 Å². The molecule has 0 aromatic heterocycles. The topological polar surface area (TPSA) is 26.3 Å². The maximum atomic E-state index is 12.3. The second-order valence-corrected chi connectivity index (χ2v) is 5.46. The number of hydrogen-bond donors (Lipinski definition) is 0. The van der Waals surface area contributed by atoms with Gasteiger partial charge in [0.15, 0.2) is 5.78 Å². The van der Waals surface area contributed by atoms with Crippen LogP contribution in [0.4, 0.5) is 0 Å². The molecule has 0 saturated carbocycles. The van der Waals surface area contributed by atoms with Gasteiger partial charge in [0.05, 0.1) is 6.61 Å². The molecule has 2 rings (SSSR count). The van der Waals surface area contributed by atoms with Gasteiger partial charge in [-0.25, -0.2) is 0 Å². The molecule has 2 nitrogen and oxygen atoms in total. The van der Waals surface area contributed by atoms with Crippen LogP contribution in [-0.4, -0.2) is 12.4 Å². The molecule has 0 saturated heterocycles. The van der Waals surface area contributed by atoms with Gasteiger partial charge in [-0.05, 0) is 36.1 Å². The fraction of sp³-hybridized carbons (Fsp3) is 0.316. The van der Waals surface area contributed by atoms with Crippen molar-refractivity contribution in [1.82, 2.24) is 0 Å². The molecule has 0 aliphatic heterocycles. The Morgan fingerprint density at radius 1 is 1.10 bits per heavy atom. The van der Waals surface area contributed by atoms with Gasteiger partial charge in [-0.1, -0.05) is 50.2 Å². The highest BCUT2D eigenvalue weighted by Crippen LogP contribution is 2.18. The van der Waals surface area contributed by atoms with E-state index in [0.717, 1.165) is 11.3 Å². The van der Waals surface area contributed by atoms with Crippen molar-refractivity contribution in [2.75, 3.05) is 6.61 Å². The van der Waals surface area contributed by atoms with Crippen LogP contribution < -0.4 is 4.74 Å². The zero-order valence-corrected chi connectivity index (χ0v) is 12.9. The first kappa shape index (κ1) is 15.3. The van der Waals surface area contributed by atoms with E-state index in [2.05, 4.69) is 26.0 Å². The molecule has 0 atom stereocenters. The number of carbonyl (C=O) groups is 1. The van der Waals surface area contributed by atoms with Gasteiger partial charge in [0.25, 0.3) is 0 Å². The molecule has 0 heterocycles. The van der Waals surface area contributed by atoms with Gasteiger partial charge >= 0.3 is 0 Å². The standard InChI is InChI=1S/C19H22O2/c1-4-21-18-7-5-6-17(13-18)19(20)12-15-8-10-16(11-9-15)14(2)3/h5-11,13-14H,4,12H2,1-3H3. The number of ketones is 1. The summed E-state index contributed by atoms with van der Waals surface area (Å²) in [5.74, 6) is 1.38. The van der Waals surface area contributed by atoms with Crippen LogP contribution in [0, 0.1) is 0 Å². The molecule has 2 aromatic carbocycles. The first-order valence-electron chi connectivity index (χ1n) is 7.45. The van der Waals surface area contributed by atoms with E-state index in [-0.39, 0.29) is 5.78 Å². The Hall–Kier alpha value is -2.09. The van der Waals surface area contributed by atoms with E-state index in [1.54, 1.807) is 0 Å². The summed E-state index contributed by atoms with van der Waals surface area (Å²) >= 11 is 0. The minimum absolute atomic E-state index is 0.119. The first-order valence-corrected chi connectivity index (χ1v) is 7.45. The van der Waals surface area contributed by atoms with Crippen LogP contribution >= 0.6 is 0 Å². The van der Waals surface area contributed by atoms with Crippen LogP contribution in [0.25, 0.3) is 0 Å². The number of benzene rings is 2. The number of rotatable bonds is 6. The van der Waals surface area contributed by atoms with Crippen molar-refractivity contribution in [3.8, 4) is 5.75 Å². The number of ether oxygens (including phenoxy) is 1. The van der Waals surface area contributed by atoms with Crippen molar-refractivity contribution in [2.24, 2.45) is 0 Å². The van der Waals surface area contributed by atoms with E-state index >= 15 is 0 Å². The third-order valence-corrected chi connectivity index (χ3v) is 3.48. The van der Waals surface area contributed by atoms with Crippen LogP contribution in [0.3, 0.4) is 0 Å². The Labute approximate surface area is 126 Å². The first-order chi connectivity index (χ1) is 10.1. The highest BCUT2D eigenvalue weighted by Gasteiger charge is 2.08. The van der Waals surface area contributed by atoms with Crippen molar-refractivity contribution in [3.63, 3.8) is 0 Å². The molecular weight excluding hydrogens is 260 g/mol. The summed E-state index contributed by atoms with van der Waals surface area (Å²) in [5.41, 5.74) is 3.05. The van der Waals surface area contributed by atoms with E-state index < -0.39 is 0 Å². The lowest BCUT2D eigenvalue weighted by atomic mass is 9.98. The third kappa shape index (κ3) is 4.19. The Balaban J connectivity index is 2.08. The van der Waals surface area contributed by atoms with Crippen LogP contribution in [0.5, 0.6) is 5.75 Å². The Bertz CT molecular complexity index is 597. The zero-order chi connectivity index (χ0) is 15.2. The van der Waals surface area contributed by atoms with Gasteiger partial charge < -0.3 is 4.74 Å². The SMILES string of the molecule is CCOc1cccc(C(=O)Cc2ccc(C(C)C)cc2)c1. The average molecular weight is 282 g/mol. The fourth-order valence-corrected chi connectivity index (χ4v) is 2.23. The van der Waals surface area contributed by atoms with E-state index in [4.69, 9.17) is 4.74 Å². The Morgan fingerprint density at radius 2 is 1.81 bits per heavy atom. The molecule has 0 bridgehead atoms. The lowest BCUT2D eigenvalue weighted by Crippen LogP contribution is -2.04. The third-order valence-electron chi connectivity index (χ3n) is 3.48. The minimum atomic E-state index is 0.119. The maximum Gasteiger partial charge on any atom is 0.167 e. The Kier molecular flexibility index (Phi) is 5.15. The maximum absolute atomic E-state index is 12.3. The molecule has 0 fully saturated rings. The molecule has 0 radical (unpaired) electrons. The van der Waals surface area contributed by atoms with Gasteiger partial charge in [0, 0.05) is 12.0 Å². The molecule has 2 aromatic rings. The second-order valence-electron chi connectivity index (χ2n) is 5.46. The smallest absolute Gasteiger partial charge is 0.167 e. The summed E-state index contributed by atoms with van der Waals surface area (Å²) in [6.07, 6.45) is 0.425. The quantitative estimate of drug-likeness (QED) is 0.722. The fourth-order valence-electron chi connectivity index (χ4n) is 2.23. The zero-order valence-electron chi connectivity index (χ0n) is 12.9. The Morgan fingerprint density at radius 3 is 2.43 bits per heavy atom. The highest BCUT2D eigenvalue weighted by molar-refractivity contribution is 5.97. The lowest BCUT2D eigenvalue weighted by Gasteiger charge is -2.08. The van der Waals surface area contributed by atoms with Gasteiger partial charge in [-0.15, -0.1) is 0 Å². The number of carbonyl (C=O) groups excluding carboxylic acids is 1. The lowest BCUT2D eigenvalue weighted by molar-refractivity contribution is 0.0992. The summed E-state index contributed by atoms with van der Waals surface area (Å²) in [6.45, 7) is 6.87. The summed E-state index contributed by atoms with van der Waals surface area (Å²) < 4.78 is 5.44. The van der Waals surface area contributed by atoms with Crippen LogP contribution in [-0.2, 0) is 6.42 Å². The summed E-state index contributed by atoms with van der Waals surface area (Å²) in [5, 5.41) is 0. The van der Waals surface area contributed by atoms with Crippen molar-refractivity contribution in [2.45, 2.75) is 33.1 Å². The molecule has 0 spiro atoms. The largest absolute Gasteiger partial charge is 0.494 e. The van der Waals surface area contributed by atoms with Gasteiger partial charge in [-0.3, -0.25) is 4.79 Å². The predicted octanol–water partition coefficient (Wildman–Crippen LogP) is 4.63. The van der Waals surface area contributed by atoms with E-state index in [9.17, 15) is 4.79 Å². The minimum Gasteiger partial charge on any atom is -0.494 e. The molecule has 0 N–H and O–H groups in total. The molecule has 21 heavy (non-hydrogen) atoms. The monoisotopic (exact) mass is 282 g/mol. The highest BCUT2D eigenvalue weighted by atomic mass is 16.5. The molecule has 0 aliphatic carbocycles. The summed E-state index contributed by atoms with van der Waals surface area (Å²) in [4.78, 5) is 12.3. The van der Waals surface area contributed by atoms with Crippen molar-refractivity contribution >= 4 is 5.78 Å². The predicted molar refractivity (Wildman–Crippen MR) is 86.2 cm³/mol. The molecule has 110 valence electrons. The van der Waals surface area contributed by atoms with E-state index in [1.807, 2.05) is 43.3 Å². The molecule has 0 unspecified atom stereocenters. The van der Waals surface area contributed by atoms with E-state index in [0.29, 0.717) is 24.5 Å². The van der Waals surface area contributed by atoms with Crippen LogP contribution in [0.2, 0.25) is 0 Å². The normalized spacial score (nSPS) is 10.7. The molecule has 0 amide bonds. The molecule has 2 heteroatoms. The second kappa shape index (κ2) is 7.07.